The zero-order chi connectivity index (χ0) is 25.3. The summed E-state index contributed by atoms with van der Waals surface area (Å²) in [5, 5.41) is 11.5. The molecule has 1 aliphatic rings. The molecule has 4 rings (SSSR count). The molecule has 3 aromatic rings. The summed E-state index contributed by atoms with van der Waals surface area (Å²) < 4.78 is 22.3. The number of amides is 1. The van der Waals surface area contributed by atoms with Gasteiger partial charge < -0.3 is 33.9 Å². The molecule has 35 heavy (non-hydrogen) atoms. The van der Waals surface area contributed by atoms with Crippen molar-refractivity contribution in [1.29, 1.82) is 0 Å². The van der Waals surface area contributed by atoms with E-state index >= 15 is 0 Å². The second-order valence-electron chi connectivity index (χ2n) is 8.25. The summed E-state index contributed by atoms with van der Waals surface area (Å²) in [5.41, 5.74) is 2.74. The lowest BCUT2D eigenvalue weighted by molar-refractivity contribution is -0.158. The van der Waals surface area contributed by atoms with Gasteiger partial charge in [-0.25, -0.2) is 4.79 Å². The Kier molecular flexibility index (Phi) is 6.88. The van der Waals surface area contributed by atoms with Gasteiger partial charge >= 0.3 is 5.97 Å². The van der Waals surface area contributed by atoms with Gasteiger partial charge in [0.2, 0.25) is 5.91 Å². The first-order valence-corrected chi connectivity index (χ1v) is 11.4. The van der Waals surface area contributed by atoms with Crippen molar-refractivity contribution in [2.24, 2.45) is 0 Å². The van der Waals surface area contributed by atoms with Gasteiger partial charge in [0.15, 0.2) is 6.04 Å². The van der Waals surface area contributed by atoms with Crippen molar-refractivity contribution in [3.05, 3.63) is 53.2 Å². The van der Waals surface area contributed by atoms with Crippen LogP contribution in [0.4, 0.5) is 0 Å². The van der Waals surface area contributed by atoms with E-state index in [1.54, 1.807) is 26.2 Å². The van der Waals surface area contributed by atoms with Gasteiger partial charge in [-0.3, -0.25) is 4.79 Å². The highest BCUT2D eigenvalue weighted by Gasteiger charge is 2.49. The van der Waals surface area contributed by atoms with Crippen LogP contribution in [0.25, 0.3) is 10.9 Å². The molecular weight excluding hydrogens is 452 g/mol. The predicted molar refractivity (Wildman–Crippen MR) is 129 cm³/mol. The number of nitrogens with zero attached hydrogens (tertiary/aromatic N) is 1. The lowest BCUT2D eigenvalue weighted by Crippen LogP contribution is -2.53. The number of aliphatic hydroxyl groups excluding tert-OH is 1. The molecule has 0 spiro atoms. The molecule has 2 N–H and O–H groups in total. The maximum Gasteiger partial charge on any atom is 0.335 e. The molecule has 2 aromatic carbocycles. The highest BCUT2D eigenvalue weighted by Crippen LogP contribution is 2.52. The molecule has 1 aromatic heterocycles. The summed E-state index contributed by atoms with van der Waals surface area (Å²) in [7, 11) is 4.62. The van der Waals surface area contributed by atoms with Crippen LogP contribution >= 0.6 is 0 Å². The first kappa shape index (κ1) is 24.4. The van der Waals surface area contributed by atoms with Crippen LogP contribution in [-0.4, -0.2) is 67.5 Å². The fourth-order valence-corrected chi connectivity index (χ4v) is 5.16. The second-order valence-corrected chi connectivity index (χ2v) is 8.25. The van der Waals surface area contributed by atoms with Crippen LogP contribution in [0.2, 0.25) is 0 Å². The van der Waals surface area contributed by atoms with Gasteiger partial charge in [0.05, 0.1) is 46.3 Å². The first-order valence-electron chi connectivity index (χ1n) is 11.4. The molecule has 0 unspecified atom stereocenters. The highest BCUT2D eigenvalue weighted by atomic mass is 16.5. The number of aliphatic hydroxyl groups is 1. The molecule has 186 valence electrons. The third-order valence-corrected chi connectivity index (χ3v) is 6.51. The van der Waals surface area contributed by atoms with Crippen molar-refractivity contribution in [3.8, 4) is 17.2 Å². The molecule has 3 atom stereocenters. The van der Waals surface area contributed by atoms with Crippen molar-refractivity contribution in [3.63, 3.8) is 0 Å². The average molecular weight is 483 g/mol. The van der Waals surface area contributed by atoms with Gasteiger partial charge in [0.25, 0.3) is 0 Å². The standard InChI is InChI=1S/C26H30N2O7/c1-6-35-26(31)25-24-21(16-9-7-8-10-17(16)27-24)22(18(13-29)28(25)14(2)30)23-19(33-4)11-15(32-3)12-20(23)34-5/h7-12,18,22,25,27,29H,6,13H2,1-5H3/t18-,22-,25-/m1/s1. The fraction of sp³-hybridized carbons (Fsp3) is 0.385. The van der Waals surface area contributed by atoms with E-state index in [0.29, 0.717) is 28.5 Å². The number of ether oxygens (including phenoxy) is 4. The maximum atomic E-state index is 13.2. The number of hydrogen-bond donors (Lipinski definition) is 2. The smallest absolute Gasteiger partial charge is 0.335 e. The summed E-state index contributed by atoms with van der Waals surface area (Å²) in [5.74, 6) is -0.0517. The fourth-order valence-electron chi connectivity index (χ4n) is 5.16. The number of para-hydroxylation sites is 1. The Morgan fingerprint density at radius 3 is 2.23 bits per heavy atom. The minimum atomic E-state index is -1.04. The molecule has 0 bridgehead atoms. The lowest BCUT2D eigenvalue weighted by Gasteiger charge is -2.44. The van der Waals surface area contributed by atoms with Crippen LogP contribution in [0.15, 0.2) is 36.4 Å². The number of nitrogens with one attached hydrogen (secondary N) is 1. The second kappa shape index (κ2) is 9.87. The molecule has 0 radical (unpaired) electrons. The van der Waals surface area contributed by atoms with Gasteiger partial charge in [-0.1, -0.05) is 18.2 Å². The highest BCUT2D eigenvalue weighted by molar-refractivity contribution is 5.93. The van der Waals surface area contributed by atoms with E-state index in [0.717, 1.165) is 16.5 Å². The monoisotopic (exact) mass is 482 g/mol. The molecule has 0 fully saturated rings. The van der Waals surface area contributed by atoms with Crippen LogP contribution in [-0.2, 0) is 14.3 Å². The van der Waals surface area contributed by atoms with Crippen LogP contribution in [0.3, 0.4) is 0 Å². The summed E-state index contributed by atoms with van der Waals surface area (Å²) in [6.07, 6.45) is 0. The Morgan fingerprint density at radius 1 is 1.03 bits per heavy atom. The zero-order valence-corrected chi connectivity index (χ0v) is 20.5. The number of hydrogen-bond acceptors (Lipinski definition) is 7. The molecule has 0 saturated heterocycles. The number of methoxy groups -OCH3 is 3. The zero-order valence-electron chi connectivity index (χ0n) is 20.5. The van der Waals surface area contributed by atoms with E-state index in [9.17, 15) is 14.7 Å². The van der Waals surface area contributed by atoms with Crippen LogP contribution in [0, 0.1) is 0 Å². The summed E-state index contributed by atoms with van der Waals surface area (Å²) >= 11 is 0. The number of carbonyl (C=O) groups is 2. The third kappa shape index (κ3) is 3.95. The number of esters is 1. The van der Waals surface area contributed by atoms with Crippen LogP contribution < -0.4 is 14.2 Å². The molecule has 0 aliphatic carbocycles. The SMILES string of the molecule is CCOC(=O)[C@H]1c2[nH]c3ccccc3c2[C@H](c2c(OC)cc(OC)cc2OC)[C@@H](CO)N1C(C)=O. The third-order valence-electron chi connectivity index (χ3n) is 6.51. The van der Waals surface area contributed by atoms with Crippen LogP contribution in [0.5, 0.6) is 17.2 Å². The van der Waals surface area contributed by atoms with Gasteiger partial charge in [-0.15, -0.1) is 0 Å². The van der Waals surface area contributed by atoms with Gasteiger partial charge in [0, 0.05) is 41.4 Å². The first-order chi connectivity index (χ1) is 16.9. The van der Waals surface area contributed by atoms with Gasteiger partial charge in [-0.2, -0.15) is 0 Å². The Labute approximate surface area is 203 Å². The number of aromatic amines is 1. The van der Waals surface area contributed by atoms with Crippen molar-refractivity contribution in [2.75, 3.05) is 34.5 Å². The molecule has 0 saturated carbocycles. The molecule has 1 amide bonds. The Hall–Kier alpha value is -3.72. The number of H-pyrrole nitrogens is 1. The van der Waals surface area contributed by atoms with Crippen LogP contribution in [0.1, 0.15) is 42.6 Å². The summed E-state index contributed by atoms with van der Waals surface area (Å²) in [6.45, 7) is 2.84. The summed E-state index contributed by atoms with van der Waals surface area (Å²) in [6, 6.07) is 9.26. The Bertz CT molecular complexity index is 1230. The predicted octanol–water partition coefficient (Wildman–Crippen LogP) is 3.15. The lowest BCUT2D eigenvalue weighted by atomic mass is 9.77. The Morgan fingerprint density at radius 2 is 1.69 bits per heavy atom. The van der Waals surface area contributed by atoms with Crippen molar-refractivity contribution in [1.82, 2.24) is 9.88 Å². The molecular formula is C26H30N2O7. The normalized spacial score (nSPS) is 19.3. The molecule has 9 nitrogen and oxygen atoms in total. The van der Waals surface area contributed by atoms with Crippen molar-refractivity contribution >= 4 is 22.8 Å². The van der Waals surface area contributed by atoms with E-state index in [-0.39, 0.29) is 12.5 Å². The minimum absolute atomic E-state index is 0.157. The van der Waals surface area contributed by atoms with Crippen molar-refractivity contribution in [2.45, 2.75) is 31.8 Å². The molecule has 1 aliphatic heterocycles. The number of fused-ring (bicyclic) bond motifs is 3. The van der Waals surface area contributed by atoms with E-state index in [4.69, 9.17) is 18.9 Å². The maximum absolute atomic E-state index is 13.2. The van der Waals surface area contributed by atoms with Crippen molar-refractivity contribution < 1.29 is 33.6 Å². The average Bonchev–Trinajstić information content (AvgIpc) is 3.25. The number of carbonyl (C=O) groups excluding carboxylic acids is 2. The number of benzene rings is 2. The Balaban J connectivity index is 2.11. The van der Waals surface area contributed by atoms with Gasteiger partial charge in [0.1, 0.15) is 17.2 Å². The minimum Gasteiger partial charge on any atom is -0.496 e. The number of rotatable bonds is 7. The molecule has 9 heteroatoms. The molecule has 2 heterocycles. The van der Waals surface area contributed by atoms with E-state index in [1.807, 2.05) is 24.3 Å². The van der Waals surface area contributed by atoms with E-state index in [1.165, 1.54) is 26.0 Å². The largest absolute Gasteiger partial charge is 0.496 e. The van der Waals surface area contributed by atoms with Gasteiger partial charge in [-0.05, 0) is 18.6 Å². The quantitative estimate of drug-likeness (QED) is 0.498. The number of aromatic nitrogens is 1. The topological polar surface area (TPSA) is 110 Å². The van der Waals surface area contributed by atoms with E-state index < -0.39 is 30.6 Å². The summed E-state index contributed by atoms with van der Waals surface area (Å²) in [4.78, 5) is 31.0. The van der Waals surface area contributed by atoms with E-state index in [2.05, 4.69) is 4.98 Å².